The molecule has 0 saturated carbocycles. The maximum Gasteiger partial charge on any atom is 0.267 e. The van der Waals surface area contributed by atoms with E-state index in [0.717, 1.165) is 4.47 Å². The molecule has 0 spiro atoms. The van der Waals surface area contributed by atoms with Crippen molar-refractivity contribution in [3.63, 3.8) is 0 Å². The van der Waals surface area contributed by atoms with Gasteiger partial charge in [-0.05, 0) is 28.1 Å². The zero-order valence-corrected chi connectivity index (χ0v) is 9.65. The van der Waals surface area contributed by atoms with Gasteiger partial charge in [0, 0.05) is 8.95 Å². The Morgan fingerprint density at radius 1 is 1.38 bits per heavy atom. The summed E-state index contributed by atoms with van der Waals surface area (Å²) < 4.78 is 1.41. The smallest absolute Gasteiger partial charge is 0.267 e. The van der Waals surface area contributed by atoms with Crippen molar-refractivity contribution in [1.29, 1.82) is 0 Å². The molecule has 4 nitrogen and oxygen atoms in total. The number of rotatable bonds is 1. The molecule has 70 valence electrons. The minimum atomic E-state index is -0.417. The molecule has 1 aromatic carbocycles. The van der Waals surface area contributed by atoms with Crippen LogP contribution in [0, 0.1) is 0 Å². The first kappa shape index (κ1) is 10.5. The summed E-state index contributed by atoms with van der Waals surface area (Å²) in [5.41, 5.74) is 8.36. The highest BCUT2D eigenvalue weighted by atomic mass is 79.9. The molecule has 1 rings (SSSR count). The molecule has 0 saturated heterocycles. The van der Waals surface area contributed by atoms with Crippen LogP contribution in [0.25, 0.3) is 0 Å². The molecule has 1 amide bonds. The van der Waals surface area contributed by atoms with Gasteiger partial charge >= 0.3 is 0 Å². The summed E-state index contributed by atoms with van der Waals surface area (Å²) in [5, 5.41) is 0. The van der Waals surface area contributed by atoms with E-state index in [1.807, 2.05) is 5.43 Å². The van der Waals surface area contributed by atoms with Crippen LogP contribution in [0.1, 0.15) is 10.4 Å². The van der Waals surface area contributed by atoms with E-state index >= 15 is 0 Å². The lowest BCUT2D eigenvalue weighted by Gasteiger charge is -2.06. The van der Waals surface area contributed by atoms with Crippen LogP contribution in [-0.2, 0) is 0 Å². The van der Waals surface area contributed by atoms with Gasteiger partial charge in [-0.3, -0.25) is 10.2 Å². The first-order valence-corrected chi connectivity index (χ1v) is 4.90. The van der Waals surface area contributed by atoms with Gasteiger partial charge in [-0.1, -0.05) is 15.9 Å². The highest BCUT2D eigenvalue weighted by Gasteiger charge is 2.11. The third-order valence-electron chi connectivity index (χ3n) is 1.47. The number of halogens is 2. The van der Waals surface area contributed by atoms with Crippen LogP contribution in [0.15, 0.2) is 21.1 Å². The minimum Gasteiger partial charge on any atom is -0.397 e. The highest BCUT2D eigenvalue weighted by Crippen LogP contribution is 2.27. The molecule has 0 aliphatic rings. The number of benzene rings is 1. The predicted octanol–water partition coefficient (Wildman–Crippen LogP) is 1.40. The van der Waals surface area contributed by atoms with Crippen molar-refractivity contribution in [2.45, 2.75) is 0 Å². The number of nitrogens with one attached hydrogen (secondary N) is 1. The summed E-state index contributed by atoms with van der Waals surface area (Å²) in [6, 6.07) is 3.35. The maximum absolute atomic E-state index is 11.2. The number of nitrogens with two attached hydrogens (primary N) is 2. The second-order valence-corrected chi connectivity index (χ2v) is 4.09. The quantitative estimate of drug-likeness (QED) is 0.317. The van der Waals surface area contributed by atoms with Gasteiger partial charge in [0.25, 0.3) is 5.91 Å². The van der Waals surface area contributed by atoms with E-state index in [-0.39, 0.29) is 0 Å². The molecule has 0 unspecified atom stereocenters. The molecule has 0 fully saturated rings. The summed E-state index contributed by atoms with van der Waals surface area (Å²) in [6.07, 6.45) is 0. The lowest BCUT2D eigenvalue weighted by molar-refractivity contribution is 0.0954. The molecule has 0 bridgehead atoms. The molecular formula is C7H7Br2N3O. The standard InChI is InChI=1S/C7H7Br2N3O/c8-3-1-4(7(13)12-11)6(10)5(9)2-3/h1-2H,10-11H2,(H,12,13). The lowest BCUT2D eigenvalue weighted by atomic mass is 10.2. The van der Waals surface area contributed by atoms with Crippen LogP contribution in [0.3, 0.4) is 0 Å². The molecule has 0 aromatic heterocycles. The highest BCUT2D eigenvalue weighted by molar-refractivity contribution is 9.11. The molecule has 6 heteroatoms. The van der Waals surface area contributed by atoms with E-state index in [0.29, 0.717) is 15.7 Å². The Balaban J connectivity index is 3.28. The topological polar surface area (TPSA) is 81.1 Å². The zero-order chi connectivity index (χ0) is 10.0. The Bertz CT molecular complexity index is 354. The van der Waals surface area contributed by atoms with Crippen molar-refractivity contribution in [2.24, 2.45) is 5.84 Å². The Kier molecular flexibility index (Phi) is 3.29. The minimum absolute atomic E-state index is 0.337. The first-order valence-electron chi connectivity index (χ1n) is 3.31. The number of carbonyl (C=O) groups excluding carboxylic acids is 1. The van der Waals surface area contributed by atoms with Crippen LogP contribution >= 0.6 is 31.9 Å². The van der Waals surface area contributed by atoms with Crippen molar-refractivity contribution in [3.8, 4) is 0 Å². The molecule has 1 aromatic rings. The molecule has 0 radical (unpaired) electrons. The fourth-order valence-corrected chi connectivity index (χ4v) is 2.08. The zero-order valence-electron chi connectivity index (χ0n) is 6.47. The van der Waals surface area contributed by atoms with Gasteiger partial charge in [0.1, 0.15) is 0 Å². The predicted molar refractivity (Wildman–Crippen MR) is 57.9 cm³/mol. The van der Waals surface area contributed by atoms with Crippen molar-refractivity contribution in [2.75, 3.05) is 5.73 Å². The van der Waals surface area contributed by atoms with Gasteiger partial charge in [-0.2, -0.15) is 0 Å². The summed E-state index contributed by atoms with van der Waals surface area (Å²) in [5.74, 6) is 4.57. The van der Waals surface area contributed by atoms with Gasteiger partial charge in [-0.15, -0.1) is 0 Å². The number of hydrazine groups is 1. The number of nitrogen functional groups attached to an aromatic ring is 2. The number of anilines is 1. The van der Waals surface area contributed by atoms with Gasteiger partial charge in [0.2, 0.25) is 0 Å². The van der Waals surface area contributed by atoms with Crippen LogP contribution in [0.2, 0.25) is 0 Å². The number of hydrogen-bond donors (Lipinski definition) is 3. The summed E-state index contributed by atoms with van der Waals surface area (Å²) >= 11 is 6.46. The second kappa shape index (κ2) is 4.08. The SMILES string of the molecule is NNC(=O)c1cc(Br)cc(Br)c1N. The molecule has 0 aliphatic carbocycles. The Hall–Kier alpha value is -0.590. The molecule has 13 heavy (non-hydrogen) atoms. The summed E-state index contributed by atoms with van der Waals surface area (Å²) in [4.78, 5) is 11.2. The maximum atomic E-state index is 11.2. The number of amides is 1. The Morgan fingerprint density at radius 3 is 2.54 bits per heavy atom. The van der Waals surface area contributed by atoms with Gasteiger partial charge in [0.05, 0.1) is 11.3 Å². The van der Waals surface area contributed by atoms with Crippen LogP contribution in [0.5, 0.6) is 0 Å². The van der Waals surface area contributed by atoms with E-state index in [1.54, 1.807) is 12.1 Å². The second-order valence-electron chi connectivity index (χ2n) is 2.32. The molecule has 0 heterocycles. The van der Waals surface area contributed by atoms with Gasteiger partial charge in [-0.25, -0.2) is 5.84 Å². The van der Waals surface area contributed by atoms with E-state index in [9.17, 15) is 4.79 Å². The van der Waals surface area contributed by atoms with Crippen molar-refractivity contribution in [3.05, 3.63) is 26.6 Å². The van der Waals surface area contributed by atoms with Crippen LogP contribution < -0.4 is 17.0 Å². The van der Waals surface area contributed by atoms with E-state index < -0.39 is 5.91 Å². The van der Waals surface area contributed by atoms with Crippen molar-refractivity contribution < 1.29 is 4.79 Å². The largest absolute Gasteiger partial charge is 0.397 e. The lowest BCUT2D eigenvalue weighted by Crippen LogP contribution is -2.30. The number of carbonyl (C=O) groups is 1. The average Bonchev–Trinajstić information content (AvgIpc) is 2.10. The molecule has 0 atom stereocenters. The monoisotopic (exact) mass is 307 g/mol. The van der Waals surface area contributed by atoms with E-state index in [4.69, 9.17) is 11.6 Å². The first-order chi connectivity index (χ1) is 6.06. The number of hydrogen-bond acceptors (Lipinski definition) is 3. The van der Waals surface area contributed by atoms with Crippen LogP contribution in [0.4, 0.5) is 5.69 Å². The van der Waals surface area contributed by atoms with Crippen molar-refractivity contribution >= 4 is 43.5 Å². The van der Waals surface area contributed by atoms with Crippen LogP contribution in [-0.4, -0.2) is 5.91 Å². The Labute approximate surface area is 91.9 Å². The fraction of sp³-hybridized carbons (Fsp3) is 0. The van der Waals surface area contributed by atoms with E-state index in [1.165, 1.54) is 0 Å². The normalized spacial score (nSPS) is 9.77. The molecule has 0 aliphatic heterocycles. The summed E-state index contributed by atoms with van der Waals surface area (Å²) in [7, 11) is 0. The summed E-state index contributed by atoms with van der Waals surface area (Å²) in [6.45, 7) is 0. The molecule has 5 N–H and O–H groups in total. The average molecular weight is 309 g/mol. The Morgan fingerprint density at radius 2 is 2.00 bits per heavy atom. The fourth-order valence-electron chi connectivity index (χ4n) is 0.850. The van der Waals surface area contributed by atoms with Gasteiger partial charge < -0.3 is 5.73 Å². The van der Waals surface area contributed by atoms with Crippen molar-refractivity contribution in [1.82, 2.24) is 5.43 Å². The van der Waals surface area contributed by atoms with Gasteiger partial charge in [0.15, 0.2) is 0 Å². The van der Waals surface area contributed by atoms with E-state index in [2.05, 4.69) is 31.9 Å². The third-order valence-corrected chi connectivity index (χ3v) is 2.58. The molecular weight excluding hydrogens is 302 g/mol. The third kappa shape index (κ3) is 2.20.